The summed E-state index contributed by atoms with van der Waals surface area (Å²) in [6, 6.07) is 21.1. The monoisotopic (exact) mass is 526 g/mol. The zero-order chi connectivity index (χ0) is 26.4. The van der Waals surface area contributed by atoms with E-state index in [0.717, 1.165) is 5.56 Å². The maximum atomic E-state index is 13.7. The summed E-state index contributed by atoms with van der Waals surface area (Å²) in [7, 11) is 1.54. The number of nitrogens with zero attached hydrogens (tertiary/aromatic N) is 3. The smallest absolute Gasteiger partial charge is 0.282 e. The van der Waals surface area contributed by atoms with E-state index < -0.39 is 12.0 Å². The van der Waals surface area contributed by atoms with Gasteiger partial charge in [-0.2, -0.15) is 0 Å². The number of methoxy groups -OCH3 is 1. The third kappa shape index (κ3) is 5.70. The molecule has 1 N–H and O–H groups in total. The van der Waals surface area contributed by atoms with Crippen molar-refractivity contribution in [3.8, 4) is 5.75 Å². The number of hydrogen-bond donors (Lipinski definition) is 1. The van der Waals surface area contributed by atoms with Crippen LogP contribution in [0.25, 0.3) is 9.69 Å². The molecule has 1 heterocycles. The van der Waals surface area contributed by atoms with Gasteiger partial charge < -0.3 is 14.9 Å². The first-order valence-corrected chi connectivity index (χ1v) is 12.8. The van der Waals surface area contributed by atoms with E-state index in [9.17, 15) is 4.79 Å². The summed E-state index contributed by atoms with van der Waals surface area (Å²) < 4.78 is 5.39. The molecule has 0 fully saturated rings. The Labute approximate surface area is 225 Å². The number of hydrogen-bond acceptors (Lipinski definition) is 4. The number of nitrogens with one attached hydrogen (secondary N) is 1. The lowest BCUT2D eigenvalue weighted by Crippen LogP contribution is -2.34. The van der Waals surface area contributed by atoms with Crippen molar-refractivity contribution in [1.82, 2.24) is 0 Å². The zero-order valence-electron chi connectivity index (χ0n) is 20.2. The highest BCUT2D eigenvalue weighted by atomic mass is 35.5. The highest BCUT2D eigenvalue weighted by Gasteiger charge is 2.43. The van der Waals surface area contributed by atoms with Gasteiger partial charge in [0.15, 0.2) is 10.7 Å². The van der Waals surface area contributed by atoms with Gasteiger partial charge in [-0.1, -0.05) is 78.0 Å². The molecule has 1 amide bonds. The van der Waals surface area contributed by atoms with Gasteiger partial charge in [-0.05, 0) is 36.2 Å². The summed E-state index contributed by atoms with van der Waals surface area (Å²) in [5.41, 5.74) is 3.74. The normalized spacial score (nSPS) is 16.8. The minimum absolute atomic E-state index is 0.358. The molecule has 3 aromatic rings. The van der Waals surface area contributed by atoms with Crippen molar-refractivity contribution in [3.63, 3.8) is 0 Å². The van der Waals surface area contributed by atoms with Crippen molar-refractivity contribution in [3.05, 3.63) is 123 Å². The van der Waals surface area contributed by atoms with Crippen molar-refractivity contribution in [2.45, 2.75) is 24.6 Å². The summed E-state index contributed by atoms with van der Waals surface area (Å²) in [6.45, 7) is 17.0. The number of thioether (sulfide) groups is 1. The number of allylic oxidation sites excluding steroid dienone is 1. The van der Waals surface area contributed by atoms with Gasteiger partial charge in [0, 0.05) is 16.5 Å². The molecular weight excluding hydrogens is 504 g/mol. The summed E-state index contributed by atoms with van der Waals surface area (Å²) in [4.78, 5) is 25.8. The van der Waals surface area contributed by atoms with Crippen LogP contribution in [-0.4, -0.2) is 24.1 Å². The molecule has 0 bridgehead atoms. The average Bonchev–Trinajstić information content (AvgIpc) is 2.92. The molecule has 0 aromatic heterocycles. The number of amides is 1. The maximum Gasteiger partial charge on any atom is 0.282 e. The molecule has 184 valence electrons. The molecular formula is C29H23ClN4O2S. The van der Waals surface area contributed by atoms with Gasteiger partial charge in [0.1, 0.15) is 5.75 Å². The van der Waals surface area contributed by atoms with Gasteiger partial charge in [0.05, 0.1) is 30.9 Å². The first-order valence-electron chi connectivity index (χ1n) is 11.4. The van der Waals surface area contributed by atoms with Crippen molar-refractivity contribution >= 4 is 45.7 Å². The van der Waals surface area contributed by atoms with Crippen LogP contribution in [0.5, 0.6) is 5.75 Å². The lowest BCUT2D eigenvalue weighted by Gasteiger charge is -2.28. The van der Waals surface area contributed by atoms with Gasteiger partial charge in [-0.25, -0.2) is 16.4 Å². The van der Waals surface area contributed by atoms with E-state index in [1.165, 1.54) is 11.8 Å². The number of aliphatic imine (C=N–C) groups is 1. The van der Waals surface area contributed by atoms with Gasteiger partial charge in [0.2, 0.25) is 0 Å². The van der Waals surface area contributed by atoms with Crippen LogP contribution in [0.2, 0.25) is 5.02 Å². The minimum Gasteiger partial charge on any atom is -0.495 e. The first kappa shape index (κ1) is 26.0. The van der Waals surface area contributed by atoms with Crippen molar-refractivity contribution in [1.29, 1.82) is 0 Å². The Morgan fingerprint density at radius 1 is 1.08 bits per heavy atom. The van der Waals surface area contributed by atoms with Crippen LogP contribution in [0.15, 0.2) is 89.1 Å². The predicted octanol–water partition coefficient (Wildman–Crippen LogP) is 7.53. The fourth-order valence-electron chi connectivity index (χ4n) is 4.18. The molecule has 3 aromatic carbocycles. The second-order valence-corrected chi connectivity index (χ2v) is 9.65. The van der Waals surface area contributed by atoms with Crippen LogP contribution in [0.1, 0.15) is 24.0 Å². The molecule has 2 unspecified atom stereocenters. The van der Waals surface area contributed by atoms with Crippen molar-refractivity contribution in [2.24, 2.45) is 4.99 Å². The number of benzene rings is 3. The molecule has 0 spiro atoms. The number of rotatable bonds is 6. The average molecular weight is 527 g/mol. The summed E-state index contributed by atoms with van der Waals surface area (Å²) >= 11 is 8.06. The largest absolute Gasteiger partial charge is 0.495 e. The molecule has 4 rings (SSSR count). The molecule has 0 saturated heterocycles. The predicted molar refractivity (Wildman–Crippen MR) is 150 cm³/mol. The topological polar surface area (TPSA) is 59.4 Å². The molecule has 0 radical (unpaired) electrons. The lowest BCUT2D eigenvalue weighted by molar-refractivity contribution is -0.113. The Hall–Kier alpha value is -4.04. The fraction of sp³-hybridized carbons (Fsp3) is 0.172. The molecule has 6 nitrogen and oxygen atoms in total. The molecule has 0 aliphatic carbocycles. The zero-order valence-corrected chi connectivity index (χ0v) is 21.8. The van der Waals surface area contributed by atoms with E-state index in [-0.39, 0.29) is 5.91 Å². The van der Waals surface area contributed by atoms with Gasteiger partial charge in [-0.3, -0.25) is 4.79 Å². The fourth-order valence-corrected chi connectivity index (χ4v) is 5.51. The summed E-state index contributed by atoms with van der Waals surface area (Å²) in [5.74, 6) is 0.146. The molecule has 2 atom stereocenters. The Balaban J connectivity index is 1.73. The van der Waals surface area contributed by atoms with Gasteiger partial charge in [-0.15, -0.1) is 0 Å². The van der Waals surface area contributed by atoms with E-state index in [2.05, 4.69) is 15.0 Å². The van der Waals surface area contributed by atoms with Crippen molar-refractivity contribution in [2.75, 3.05) is 12.4 Å². The number of para-hydroxylation sites is 2. The standard InChI is InChI=1S/C29H23ClN4O2S/c1-18-25(28(35)34-23-11-7-8-12-24(23)36-4)26(21-9-5-6-10-22(21)30)27(32-3)29(33-18)37-17-19-13-15-20(31-2)16-14-19/h5-16,26-27H,17H2,1,4H3,(H,34,35). The van der Waals surface area contributed by atoms with Crippen LogP contribution in [0, 0.1) is 13.1 Å². The highest BCUT2D eigenvalue weighted by Crippen LogP contribution is 2.42. The Kier molecular flexibility index (Phi) is 8.30. The SMILES string of the molecule is [C-]#[N+]c1ccc(CSC2=NC(C)=C(C(=O)Nc3ccccc3OC)C(c3ccccc3Cl)C2[N+]#[C-])cc1. The first-order chi connectivity index (χ1) is 18.0. The number of ether oxygens (including phenoxy) is 1. The summed E-state index contributed by atoms with van der Waals surface area (Å²) in [5, 5.41) is 4.05. The van der Waals surface area contributed by atoms with E-state index in [1.54, 1.807) is 44.4 Å². The third-order valence-electron chi connectivity index (χ3n) is 5.98. The van der Waals surface area contributed by atoms with Gasteiger partial charge in [0.25, 0.3) is 11.9 Å². The number of carbonyl (C=O) groups excluding carboxylic acids is 1. The minimum atomic E-state index is -0.727. The lowest BCUT2D eigenvalue weighted by atomic mass is 9.82. The van der Waals surface area contributed by atoms with Crippen LogP contribution in [-0.2, 0) is 10.5 Å². The van der Waals surface area contributed by atoms with Crippen molar-refractivity contribution < 1.29 is 9.53 Å². The number of carbonyl (C=O) groups is 1. The highest BCUT2D eigenvalue weighted by molar-refractivity contribution is 8.13. The summed E-state index contributed by atoms with van der Waals surface area (Å²) in [6.07, 6.45) is 0. The molecule has 8 heteroatoms. The second kappa shape index (κ2) is 11.8. The third-order valence-corrected chi connectivity index (χ3v) is 7.43. The van der Waals surface area contributed by atoms with Gasteiger partial charge >= 0.3 is 0 Å². The van der Waals surface area contributed by atoms with Crippen LogP contribution < -0.4 is 10.1 Å². The number of anilines is 1. The molecule has 0 saturated carbocycles. The Morgan fingerprint density at radius 2 is 1.78 bits per heavy atom. The van der Waals surface area contributed by atoms with E-state index in [4.69, 9.17) is 34.5 Å². The van der Waals surface area contributed by atoms with Crippen LogP contribution in [0.3, 0.4) is 0 Å². The molecule has 37 heavy (non-hydrogen) atoms. The quantitative estimate of drug-likeness (QED) is 0.338. The van der Waals surface area contributed by atoms with E-state index in [1.807, 2.05) is 42.5 Å². The Bertz CT molecular complexity index is 1470. The Morgan fingerprint density at radius 3 is 2.46 bits per heavy atom. The maximum absolute atomic E-state index is 13.7. The van der Waals surface area contributed by atoms with E-state index >= 15 is 0 Å². The second-order valence-electron chi connectivity index (χ2n) is 8.24. The van der Waals surface area contributed by atoms with Crippen LogP contribution in [0.4, 0.5) is 11.4 Å². The molecule has 1 aliphatic heterocycles. The molecule has 1 aliphatic rings. The van der Waals surface area contributed by atoms with Crippen LogP contribution >= 0.6 is 23.4 Å². The number of halogens is 1. The van der Waals surface area contributed by atoms with E-state index in [0.29, 0.717) is 49.8 Å².